The van der Waals surface area contributed by atoms with Gasteiger partial charge in [0.15, 0.2) is 11.8 Å². The summed E-state index contributed by atoms with van der Waals surface area (Å²) in [5.74, 6) is -1.72. The number of carboxylic acid groups (broad SMARTS) is 2. The minimum Gasteiger partial charge on any atom is -0.450 e. The lowest BCUT2D eigenvalue weighted by molar-refractivity contribution is 0.137. The van der Waals surface area contributed by atoms with E-state index in [4.69, 9.17) is 26.5 Å². The molecule has 0 heterocycles. The van der Waals surface area contributed by atoms with E-state index in [9.17, 15) is 8.78 Å². The van der Waals surface area contributed by atoms with Gasteiger partial charge in [0.05, 0.1) is 0 Å². The second kappa shape index (κ2) is 6.17. The Morgan fingerprint density at radius 1 is 1.25 bits per heavy atom. The van der Waals surface area contributed by atoms with Crippen molar-refractivity contribution in [1.82, 2.24) is 0 Å². The lowest BCUT2D eigenvalue weighted by Gasteiger charge is -1.96. The van der Waals surface area contributed by atoms with Gasteiger partial charge in [-0.3, -0.25) is 0 Å². The Morgan fingerprint density at radius 2 is 1.75 bits per heavy atom. The molecule has 0 radical (unpaired) electrons. The molecule has 0 amide bonds. The maximum Gasteiger partial charge on any atom is 0.503 e. The van der Waals surface area contributed by atoms with Gasteiger partial charge in [-0.25, -0.2) is 18.6 Å². The Kier molecular flexibility index (Phi) is 5.25. The van der Waals surface area contributed by atoms with E-state index in [-0.39, 0.29) is 11.6 Å². The summed E-state index contributed by atoms with van der Waals surface area (Å²) in [6, 6.07) is 2.94. The first kappa shape index (κ1) is 13.6. The molecule has 16 heavy (non-hydrogen) atoms. The summed E-state index contributed by atoms with van der Waals surface area (Å²) in [6.07, 6.45) is -1.83. The Morgan fingerprint density at radius 3 is 2.12 bits per heavy atom. The van der Waals surface area contributed by atoms with Crippen molar-refractivity contribution in [3.63, 3.8) is 0 Å². The van der Waals surface area contributed by atoms with Crippen molar-refractivity contribution in [2.24, 2.45) is 16.5 Å². The summed E-state index contributed by atoms with van der Waals surface area (Å²) in [4.78, 5) is 12.0. The van der Waals surface area contributed by atoms with Gasteiger partial charge < -0.3 is 21.7 Å². The fourth-order valence-electron chi connectivity index (χ4n) is 0.711. The SMILES string of the molecule is NC(N)=Nc1ccc(F)cc1F.O=C(O)O. The largest absolute Gasteiger partial charge is 0.503 e. The van der Waals surface area contributed by atoms with Crippen LogP contribution < -0.4 is 11.5 Å². The molecule has 0 aromatic heterocycles. The standard InChI is InChI=1S/C7H7F2N3.CH2O3/c8-4-1-2-6(5(9)3-4)12-7(10)11;2-1(3)4/h1-3H,(H4,10,11,12);(H2,2,3,4). The molecule has 0 spiro atoms. The molecule has 88 valence electrons. The highest BCUT2D eigenvalue weighted by molar-refractivity contribution is 5.79. The van der Waals surface area contributed by atoms with Gasteiger partial charge in [0.25, 0.3) is 0 Å². The first-order valence-electron chi connectivity index (χ1n) is 3.79. The Hall–Kier alpha value is -2.38. The van der Waals surface area contributed by atoms with Crippen LogP contribution >= 0.6 is 0 Å². The Bertz CT molecular complexity index is 402. The smallest absolute Gasteiger partial charge is 0.450 e. The highest BCUT2D eigenvalue weighted by Crippen LogP contribution is 2.17. The van der Waals surface area contributed by atoms with Crippen molar-refractivity contribution in [2.75, 3.05) is 0 Å². The van der Waals surface area contributed by atoms with E-state index in [2.05, 4.69) is 4.99 Å². The minimum absolute atomic E-state index is 0.0728. The molecule has 0 saturated carbocycles. The molecular weight excluding hydrogens is 224 g/mol. The van der Waals surface area contributed by atoms with E-state index in [1.54, 1.807) is 0 Å². The van der Waals surface area contributed by atoms with Gasteiger partial charge in [0.1, 0.15) is 11.5 Å². The van der Waals surface area contributed by atoms with Gasteiger partial charge in [0, 0.05) is 6.07 Å². The van der Waals surface area contributed by atoms with Gasteiger partial charge in [0.2, 0.25) is 0 Å². The van der Waals surface area contributed by atoms with Gasteiger partial charge in [-0.15, -0.1) is 0 Å². The maximum absolute atomic E-state index is 12.8. The maximum atomic E-state index is 12.8. The number of guanidine groups is 1. The summed E-state index contributed by atoms with van der Waals surface area (Å²) in [5.41, 5.74) is 9.92. The zero-order valence-electron chi connectivity index (χ0n) is 7.89. The third-order valence-corrected chi connectivity index (χ3v) is 1.16. The summed E-state index contributed by atoms with van der Waals surface area (Å²) < 4.78 is 25.1. The van der Waals surface area contributed by atoms with Crippen molar-refractivity contribution in [2.45, 2.75) is 0 Å². The number of benzene rings is 1. The molecule has 0 aliphatic rings. The quantitative estimate of drug-likeness (QED) is 0.427. The lowest BCUT2D eigenvalue weighted by Crippen LogP contribution is -2.22. The summed E-state index contributed by atoms with van der Waals surface area (Å²) in [6.45, 7) is 0. The van der Waals surface area contributed by atoms with E-state index in [0.717, 1.165) is 12.1 Å². The first-order chi connectivity index (χ1) is 7.32. The molecule has 6 nitrogen and oxygen atoms in total. The number of carbonyl (C=O) groups is 1. The number of hydrogen-bond donors (Lipinski definition) is 4. The predicted molar refractivity (Wildman–Crippen MR) is 52.5 cm³/mol. The van der Waals surface area contributed by atoms with Crippen molar-refractivity contribution in [3.8, 4) is 0 Å². The molecule has 0 bridgehead atoms. The normalized spacial score (nSPS) is 8.62. The van der Waals surface area contributed by atoms with Crippen LogP contribution in [0.5, 0.6) is 0 Å². The average Bonchev–Trinajstić information content (AvgIpc) is 2.08. The van der Waals surface area contributed by atoms with Gasteiger partial charge in [-0.05, 0) is 12.1 Å². The van der Waals surface area contributed by atoms with E-state index in [0.29, 0.717) is 6.07 Å². The zero-order valence-corrected chi connectivity index (χ0v) is 7.89. The van der Waals surface area contributed by atoms with E-state index in [1.807, 2.05) is 0 Å². The van der Waals surface area contributed by atoms with Crippen molar-refractivity contribution >= 4 is 17.8 Å². The summed E-state index contributed by atoms with van der Waals surface area (Å²) in [5, 5.41) is 13.9. The molecule has 0 atom stereocenters. The number of halogens is 2. The molecule has 0 aliphatic heterocycles. The van der Waals surface area contributed by atoms with Crippen LogP contribution in [-0.4, -0.2) is 22.3 Å². The molecule has 0 saturated heterocycles. The summed E-state index contributed by atoms with van der Waals surface area (Å²) in [7, 11) is 0. The third-order valence-electron chi connectivity index (χ3n) is 1.16. The number of nitrogens with zero attached hydrogens (tertiary/aromatic N) is 1. The molecular formula is C8H9F2N3O3. The van der Waals surface area contributed by atoms with Crippen LogP contribution in [0.3, 0.4) is 0 Å². The molecule has 1 aromatic carbocycles. The molecule has 0 fully saturated rings. The van der Waals surface area contributed by atoms with Crippen LogP contribution in [0.4, 0.5) is 19.3 Å². The van der Waals surface area contributed by atoms with Gasteiger partial charge in [-0.1, -0.05) is 0 Å². The van der Waals surface area contributed by atoms with Gasteiger partial charge in [-0.2, -0.15) is 0 Å². The van der Waals surface area contributed by atoms with Crippen LogP contribution in [0.15, 0.2) is 23.2 Å². The topological polar surface area (TPSA) is 122 Å². The predicted octanol–water partition coefficient (Wildman–Crippen LogP) is 1.09. The number of rotatable bonds is 1. The van der Waals surface area contributed by atoms with Crippen LogP contribution in [0, 0.1) is 11.6 Å². The lowest BCUT2D eigenvalue weighted by atomic mass is 10.3. The van der Waals surface area contributed by atoms with Crippen molar-refractivity contribution in [1.29, 1.82) is 0 Å². The molecule has 1 rings (SSSR count). The fourth-order valence-corrected chi connectivity index (χ4v) is 0.711. The third kappa shape index (κ3) is 6.13. The van der Waals surface area contributed by atoms with Crippen LogP contribution in [0.25, 0.3) is 0 Å². The van der Waals surface area contributed by atoms with E-state index < -0.39 is 17.8 Å². The zero-order chi connectivity index (χ0) is 12.7. The number of nitrogens with two attached hydrogens (primary N) is 2. The molecule has 1 aromatic rings. The highest BCUT2D eigenvalue weighted by atomic mass is 19.1. The Labute approximate surface area is 88.8 Å². The molecule has 8 heteroatoms. The molecule has 6 N–H and O–H groups in total. The second-order valence-electron chi connectivity index (χ2n) is 2.41. The van der Waals surface area contributed by atoms with Crippen molar-refractivity contribution in [3.05, 3.63) is 29.8 Å². The van der Waals surface area contributed by atoms with Crippen LogP contribution in [-0.2, 0) is 0 Å². The fraction of sp³-hybridized carbons (Fsp3) is 0. The molecule has 0 aliphatic carbocycles. The number of hydrogen-bond acceptors (Lipinski definition) is 2. The highest BCUT2D eigenvalue weighted by Gasteiger charge is 2.01. The van der Waals surface area contributed by atoms with Crippen LogP contribution in [0.1, 0.15) is 0 Å². The molecule has 0 unspecified atom stereocenters. The minimum atomic E-state index is -1.83. The second-order valence-corrected chi connectivity index (χ2v) is 2.41. The van der Waals surface area contributed by atoms with E-state index >= 15 is 0 Å². The van der Waals surface area contributed by atoms with E-state index in [1.165, 1.54) is 0 Å². The van der Waals surface area contributed by atoms with Crippen molar-refractivity contribution < 1.29 is 23.8 Å². The first-order valence-corrected chi connectivity index (χ1v) is 3.79. The van der Waals surface area contributed by atoms with Crippen LogP contribution in [0.2, 0.25) is 0 Å². The Balaban J connectivity index is 0.000000487. The average molecular weight is 233 g/mol. The summed E-state index contributed by atoms with van der Waals surface area (Å²) >= 11 is 0. The van der Waals surface area contributed by atoms with Gasteiger partial charge >= 0.3 is 6.16 Å². The monoisotopic (exact) mass is 233 g/mol. The number of aliphatic imine (C=N–C) groups is 1.